The average molecular weight is 368 g/mol. The zero-order valence-electron chi connectivity index (χ0n) is 13.0. The van der Waals surface area contributed by atoms with Gasteiger partial charge in [-0.25, -0.2) is 14.8 Å². The van der Waals surface area contributed by atoms with Gasteiger partial charge in [0.2, 0.25) is 0 Å². The van der Waals surface area contributed by atoms with Gasteiger partial charge in [-0.3, -0.25) is 5.10 Å². The molecule has 128 valence electrons. The maximum atomic E-state index is 12.2. The highest BCUT2D eigenvalue weighted by atomic mass is 35.5. The summed E-state index contributed by atoms with van der Waals surface area (Å²) in [5.74, 6) is 1.64. The molecule has 10 heteroatoms. The second-order valence-corrected chi connectivity index (χ2v) is 6.70. The number of anilines is 1. The predicted molar refractivity (Wildman–Crippen MR) is 93.5 cm³/mol. The standard InChI is InChI=1S/C14H18ClN7OS/c15-11-1-2-12(17-9-11)21-4-6-22(7-5-21)14(23)16-3-8-24-13-18-10-19-20-13/h1-2,9-10H,3-8H2,(H,16,23)(H,18,19,20). The highest BCUT2D eigenvalue weighted by Gasteiger charge is 2.21. The zero-order chi connectivity index (χ0) is 16.8. The van der Waals surface area contributed by atoms with Crippen molar-refractivity contribution in [2.24, 2.45) is 0 Å². The lowest BCUT2D eigenvalue weighted by atomic mass is 10.3. The van der Waals surface area contributed by atoms with E-state index in [0.29, 0.717) is 24.7 Å². The molecule has 0 bridgehead atoms. The van der Waals surface area contributed by atoms with Crippen molar-refractivity contribution in [1.82, 2.24) is 30.4 Å². The third kappa shape index (κ3) is 4.51. The van der Waals surface area contributed by atoms with Crippen LogP contribution in [0.4, 0.5) is 10.6 Å². The summed E-state index contributed by atoms with van der Waals surface area (Å²) in [7, 11) is 0. The van der Waals surface area contributed by atoms with Gasteiger partial charge in [-0.15, -0.1) is 0 Å². The van der Waals surface area contributed by atoms with Gasteiger partial charge in [-0.2, -0.15) is 5.10 Å². The number of thioether (sulfide) groups is 1. The SMILES string of the molecule is O=C(NCCSc1ncn[nH]1)N1CCN(c2ccc(Cl)cn2)CC1. The minimum absolute atomic E-state index is 0.0307. The Morgan fingerprint density at radius 1 is 1.29 bits per heavy atom. The number of H-pyrrole nitrogens is 1. The van der Waals surface area contributed by atoms with E-state index in [4.69, 9.17) is 11.6 Å². The number of hydrogen-bond donors (Lipinski definition) is 2. The Morgan fingerprint density at radius 3 is 2.79 bits per heavy atom. The number of nitrogens with one attached hydrogen (secondary N) is 2. The number of halogens is 1. The Bertz CT molecular complexity index is 644. The number of rotatable bonds is 5. The number of nitrogens with zero attached hydrogens (tertiary/aromatic N) is 5. The first-order chi connectivity index (χ1) is 11.7. The third-order valence-electron chi connectivity index (χ3n) is 3.61. The normalized spacial score (nSPS) is 14.7. The molecule has 1 fully saturated rings. The van der Waals surface area contributed by atoms with E-state index in [9.17, 15) is 4.79 Å². The van der Waals surface area contributed by atoms with Crippen molar-refractivity contribution in [3.63, 3.8) is 0 Å². The van der Waals surface area contributed by atoms with Gasteiger partial charge in [-0.05, 0) is 12.1 Å². The van der Waals surface area contributed by atoms with E-state index in [-0.39, 0.29) is 6.03 Å². The van der Waals surface area contributed by atoms with Gasteiger partial charge >= 0.3 is 6.03 Å². The molecule has 0 aromatic carbocycles. The van der Waals surface area contributed by atoms with Crippen LogP contribution in [0.15, 0.2) is 29.8 Å². The molecule has 3 rings (SSSR count). The topological polar surface area (TPSA) is 90.0 Å². The molecule has 0 radical (unpaired) electrons. The number of pyridine rings is 1. The summed E-state index contributed by atoms with van der Waals surface area (Å²) in [5, 5.41) is 10.9. The van der Waals surface area contributed by atoms with E-state index in [1.54, 1.807) is 6.20 Å². The number of carbonyl (C=O) groups is 1. The molecule has 2 aromatic rings. The van der Waals surface area contributed by atoms with Crippen LogP contribution < -0.4 is 10.2 Å². The van der Waals surface area contributed by atoms with Crippen LogP contribution in [0.1, 0.15) is 0 Å². The molecule has 8 nitrogen and oxygen atoms in total. The first-order valence-corrected chi connectivity index (χ1v) is 8.96. The van der Waals surface area contributed by atoms with Gasteiger partial charge in [0.1, 0.15) is 12.1 Å². The van der Waals surface area contributed by atoms with E-state index in [1.165, 1.54) is 18.1 Å². The van der Waals surface area contributed by atoms with Crippen molar-refractivity contribution in [3.05, 3.63) is 29.7 Å². The largest absolute Gasteiger partial charge is 0.353 e. The molecule has 0 atom stereocenters. The summed E-state index contributed by atoms with van der Waals surface area (Å²) in [5.41, 5.74) is 0. The van der Waals surface area contributed by atoms with Crippen molar-refractivity contribution in [2.75, 3.05) is 43.4 Å². The maximum Gasteiger partial charge on any atom is 0.317 e. The van der Waals surface area contributed by atoms with Gasteiger partial charge in [0.25, 0.3) is 0 Å². The van der Waals surface area contributed by atoms with Crippen molar-refractivity contribution in [1.29, 1.82) is 0 Å². The first-order valence-electron chi connectivity index (χ1n) is 7.60. The molecule has 2 amide bonds. The van der Waals surface area contributed by atoms with E-state index in [1.807, 2.05) is 17.0 Å². The molecule has 3 heterocycles. The highest BCUT2D eigenvalue weighted by molar-refractivity contribution is 7.99. The fourth-order valence-corrected chi connectivity index (χ4v) is 3.12. The Kier molecular flexibility index (Phi) is 5.76. The molecular formula is C14H18ClN7OS. The Balaban J connectivity index is 1.37. The molecule has 24 heavy (non-hydrogen) atoms. The van der Waals surface area contributed by atoms with Crippen LogP contribution >= 0.6 is 23.4 Å². The third-order valence-corrected chi connectivity index (χ3v) is 4.71. The molecule has 1 saturated heterocycles. The van der Waals surface area contributed by atoms with Crippen molar-refractivity contribution < 1.29 is 4.79 Å². The van der Waals surface area contributed by atoms with Gasteiger partial charge in [0, 0.05) is 44.7 Å². The van der Waals surface area contributed by atoms with Gasteiger partial charge in [-0.1, -0.05) is 23.4 Å². The maximum absolute atomic E-state index is 12.2. The number of amides is 2. The van der Waals surface area contributed by atoms with Gasteiger partial charge in [0.15, 0.2) is 5.16 Å². The summed E-state index contributed by atoms with van der Waals surface area (Å²) < 4.78 is 0. The number of carbonyl (C=O) groups excluding carboxylic acids is 1. The van der Waals surface area contributed by atoms with Crippen LogP contribution in [0, 0.1) is 0 Å². The van der Waals surface area contributed by atoms with Gasteiger partial charge < -0.3 is 15.1 Å². The van der Waals surface area contributed by atoms with Crippen molar-refractivity contribution >= 4 is 35.2 Å². The van der Waals surface area contributed by atoms with E-state index >= 15 is 0 Å². The van der Waals surface area contributed by atoms with Crippen LogP contribution in [-0.2, 0) is 0 Å². The monoisotopic (exact) mass is 367 g/mol. The fraction of sp³-hybridized carbons (Fsp3) is 0.429. The van der Waals surface area contributed by atoms with E-state index in [0.717, 1.165) is 29.8 Å². The number of piperazine rings is 1. The fourth-order valence-electron chi connectivity index (χ4n) is 2.37. The molecule has 2 N–H and O–H groups in total. The summed E-state index contributed by atoms with van der Waals surface area (Å²) in [6.45, 7) is 3.45. The molecule has 2 aromatic heterocycles. The summed E-state index contributed by atoms with van der Waals surface area (Å²) in [6, 6.07) is 3.70. The van der Waals surface area contributed by atoms with E-state index in [2.05, 4.69) is 30.4 Å². The van der Waals surface area contributed by atoms with Crippen LogP contribution in [0.25, 0.3) is 0 Å². The molecule has 1 aliphatic heterocycles. The Hall–Kier alpha value is -2.00. The van der Waals surface area contributed by atoms with Gasteiger partial charge in [0.05, 0.1) is 5.02 Å². The summed E-state index contributed by atoms with van der Waals surface area (Å²) in [6.07, 6.45) is 3.11. The van der Waals surface area contributed by atoms with Crippen LogP contribution in [0.5, 0.6) is 0 Å². The van der Waals surface area contributed by atoms with E-state index < -0.39 is 0 Å². The Labute approximate surface area is 149 Å². The number of hydrogen-bond acceptors (Lipinski definition) is 6. The lowest BCUT2D eigenvalue weighted by Gasteiger charge is -2.35. The average Bonchev–Trinajstić information content (AvgIpc) is 3.13. The Morgan fingerprint density at radius 2 is 2.12 bits per heavy atom. The quantitative estimate of drug-likeness (QED) is 0.614. The molecule has 0 spiro atoms. The van der Waals surface area contributed by atoms with Crippen LogP contribution in [0.2, 0.25) is 5.02 Å². The second-order valence-electron chi connectivity index (χ2n) is 5.18. The number of aromatic amines is 1. The molecule has 0 unspecified atom stereocenters. The zero-order valence-corrected chi connectivity index (χ0v) is 14.6. The summed E-state index contributed by atoms with van der Waals surface area (Å²) in [4.78, 5) is 24.5. The minimum atomic E-state index is -0.0307. The van der Waals surface area contributed by atoms with Crippen molar-refractivity contribution in [3.8, 4) is 0 Å². The second kappa shape index (κ2) is 8.20. The molecule has 1 aliphatic rings. The van der Waals surface area contributed by atoms with Crippen LogP contribution in [-0.4, -0.2) is 69.6 Å². The smallest absolute Gasteiger partial charge is 0.317 e. The van der Waals surface area contributed by atoms with Crippen LogP contribution in [0.3, 0.4) is 0 Å². The number of aromatic nitrogens is 4. The predicted octanol–water partition coefficient (Wildman–Crippen LogP) is 1.48. The molecular weight excluding hydrogens is 350 g/mol. The lowest BCUT2D eigenvalue weighted by Crippen LogP contribution is -2.52. The molecule has 0 aliphatic carbocycles. The lowest BCUT2D eigenvalue weighted by molar-refractivity contribution is 0.195. The highest BCUT2D eigenvalue weighted by Crippen LogP contribution is 2.16. The summed E-state index contributed by atoms with van der Waals surface area (Å²) >= 11 is 7.38. The number of urea groups is 1. The van der Waals surface area contributed by atoms with Crippen molar-refractivity contribution in [2.45, 2.75) is 5.16 Å². The molecule has 0 saturated carbocycles. The minimum Gasteiger partial charge on any atom is -0.353 e. The first kappa shape index (κ1) is 16.8.